The maximum Gasteiger partial charge on any atom is 0.251 e. The van der Waals surface area contributed by atoms with Crippen molar-refractivity contribution < 1.29 is 18.4 Å². The van der Waals surface area contributed by atoms with Gasteiger partial charge in [0.1, 0.15) is 11.5 Å². The third kappa shape index (κ3) is 4.50. The number of rotatable bonds is 8. The van der Waals surface area contributed by atoms with E-state index >= 15 is 0 Å². The van der Waals surface area contributed by atoms with Crippen LogP contribution < -0.4 is 10.1 Å². The molecule has 7 nitrogen and oxygen atoms in total. The molecule has 0 fully saturated rings. The Kier molecular flexibility index (Phi) is 5.68. The number of amides is 1. The number of hydrogen-bond acceptors (Lipinski definition) is 6. The van der Waals surface area contributed by atoms with Gasteiger partial charge >= 0.3 is 0 Å². The zero-order chi connectivity index (χ0) is 18.4. The molecule has 0 saturated carbocycles. The number of benzene rings is 1. The summed E-state index contributed by atoms with van der Waals surface area (Å²) in [6.45, 7) is 4.87. The number of nitrogens with one attached hydrogen (secondary N) is 1. The third-order valence-electron chi connectivity index (χ3n) is 3.85. The molecule has 2 aromatic heterocycles. The summed E-state index contributed by atoms with van der Waals surface area (Å²) in [5.41, 5.74) is 1.78. The Morgan fingerprint density at radius 3 is 2.69 bits per heavy atom. The summed E-state index contributed by atoms with van der Waals surface area (Å²) in [5, 5.41) is 10.9. The van der Waals surface area contributed by atoms with Crippen LogP contribution in [0.2, 0.25) is 0 Å². The molecule has 0 aliphatic rings. The van der Waals surface area contributed by atoms with Crippen LogP contribution >= 0.6 is 0 Å². The van der Waals surface area contributed by atoms with Crippen molar-refractivity contribution in [3.63, 3.8) is 0 Å². The van der Waals surface area contributed by atoms with Crippen LogP contribution in [-0.4, -0.2) is 22.7 Å². The van der Waals surface area contributed by atoms with Gasteiger partial charge in [-0.25, -0.2) is 0 Å². The number of furan rings is 1. The number of aromatic nitrogens is 2. The van der Waals surface area contributed by atoms with E-state index < -0.39 is 0 Å². The molecule has 0 unspecified atom stereocenters. The molecule has 1 amide bonds. The lowest BCUT2D eigenvalue weighted by molar-refractivity contribution is -0.121. The van der Waals surface area contributed by atoms with Gasteiger partial charge in [0.2, 0.25) is 11.8 Å². The molecule has 0 saturated heterocycles. The Morgan fingerprint density at radius 2 is 2.00 bits per heavy atom. The van der Waals surface area contributed by atoms with Crippen molar-refractivity contribution in [1.82, 2.24) is 15.5 Å². The standard InChI is InChI=1S/C19H21N3O4/c1-3-24-15-6-4-14(5-7-15)12-20-17(23)8-9-18-21-22-19(26-18)16-10-11-25-13(16)2/h4-7,10-11H,3,8-9,12H2,1-2H3,(H,20,23). The molecule has 0 spiro atoms. The quantitative estimate of drug-likeness (QED) is 0.667. The molecule has 0 bridgehead atoms. The van der Waals surface area contributed by atoms with E-state index in [2.05, 4.69) is 15.5 Å². The van der Waals surface area contributed by atoms with E-state index in [1.807, 2.05) is 38.1 Å². The first kappa shape index (κ1) is 17.7. The fourth-order valence-corrected chi connectivity index (χ4v) is 2.45. The van der Waals surface area contributed by atoms with Gasteiger partial charge in [-0.05, 0) is 37.6 Å². The van der Waals surface area contributed by atoms with Crippen LogP contribution in [0.4, 0.5) is 0 Å². The highest BCUT2D eigenvalue weighted by atomic mass is 16.5. The van der Waals surface area contributed by atoms with Crippen LogP contribution in [0.15, 0.2) is 45.4 Å². The van der Waals surface area contributed by atoms with Crippen molar-refractivity contribution in [2.24, 2.45) is 0 Å². The molecular formula is C19H21N3O4. The average molecular weight is 355 g/mol. The molecule has 26 heavy (non-hydrogen) atoms. The van der Waals surface area contributed by atoms with E-state index in [9.17, 15) is 4.79 Å². The third-order valence-corrected chi connectivity index (χ3v) is 3.85. The topological polar surface area (TPSA) is 90.4 Å². The van der Waals surface area contributed by atoms with Crippen LogP contribution in [-0.2, 0) is 17.8 Å². The second-order valence-corrected chi connectivity index (χ2v) is 5.75. The van der Waals surface area contributed by atoms with Gasteiger partial charge in [-0.3, -0.25) is 4.79 Å². The van der Waals surface area contributed by atoms with E-state index in [4.69, 9.17) is 13.6 Å². The minimum atomic E-state index is -0.0712. The molecule has 7 heteroatoms. The number of nitrogens with zero attached hydrogens (tertiary/aromatic N) is 2. The Morgan fingerprint density at radius 1 is 1.19 bits per heavy atom. The van der Waals surface area contributed by atoms with Gasteiger partial charge in [0.05, 0.1) is 18.4 Å². The van der Waals surface area contributed by atoms with Gasteiger partial charge in [0.25, 0.3) is 5.89 Å². The predicted octanol–water partition coefficient (Wildman–Crippen LogP) is 3.29. The van der Waals surface area contributed by atoms with Crippen LogP contribution in [0.1, 0.15) is 30.6 Å². The highest BCUT2D eigenvalue weighted by molar-refractivity contribution is 5.76. The van der Waals surface area contributed by atoms with E-state index in [1.165, 1.54) is 0 Å². The fourth-order valence-electron chi connectivity index (χ4n) is 2.45. The summed E-state index contributed by atoms with van der Waals surface area (Å²) >= 11 is 0. The fraction of sp³-hybridized carbons (Fsp3) is 0.316. The first-order valence-corrected chi connectivity index (χ1v) is 8.51. The molecule has 0 aliphatic carbocycles. The van der Waals surface area contributed by atoms with Crippen LogP contribution in [0, 0.1) is 6.92 Å². The predicted molar refractivity (Wildman–Crippen MR) is 94.5 cm³/mol. The summed E-state index contributed by atoms with van der Waals surface area (Å²) in [5.74, 6) is 2.30. The summed E-state index contributed by atoms with van der Waals surface area (Å²) in [4.78, 5) is 12.0. The number of hydrogen-bond donors (Lipinski definition) is 1. The van der Waals surface area contributed by atoms with Gasteiger partial charge in [-0.1, -0.05) is 12.1 Å². The lowest BCUT2D eigenvalue weighted by Crippen LogP contribution is -2.23. The second-order valence-electron chi connectivity index (χ2n) is 5.75. The largest absolute Gasteiger partial charge is 0.494 e. The van der Waals surface area contributed by atoms with E-state index in [-0.39, 0.29) is 12.3 Å². The van der Waals surface area contributed by atoms with E-state index in [0.29, 0.717) is 37.1 Å². The maximum atomic E-state index is 12.0. The SMILES string of the molecule is CCOc1ccc(CNC(=O)CCc2nnc(-c3ccoc3C)o2)cc1. The molecule has 1 aromatic carbocycles. The average Bonchev–Trinajstić information content (AvgIpc) is 3.28. The molecule has 0 radical (unpaired) electrons. The van der Waals surface area contributed by atoms with Gasteiger partial charge in [-0.2, -0.15) is 0 Å². The summed E-state index contributed by atoms with van der Waals surface area (Å²) in [6, 6.07) is 9.42. The first-order valence-electron chi connectivity index (χ1n) is 8.51. The number of aryl methyl sites for hydroxylation is 2. The monoisotopic (exact) mass is 355 g/mol. The Hall–Kier alpha value is -3.09. The second kappa shape index (κ2) is 8.33. The Bertz CT molecular complexity index is 852. The van der Waals surface area contributed by atoms with Crippen LogP contribution in [0.5, 0.6) is 5.75 Å². The number of carbonyl (C=O) groups excluding carboxylic acids is 1. The van der Waals surface area contributed by atoms with Crippen molar-refractivity contribution >= 4 is 5.91 Å². The van der Waals surface area contributed by atoms with Crippen LogP contribution in [0.25, 0.3) is 11.5 Å². The smallest absolute Gasteiger partial charge is 0.251 e. The highest BCUT2D eigenvalue weighted by Crippen LogP contribution is 2.23. The normalized spacial score (nSPS) is 10.7. The van der Waals surface area contributed by atoms with E-state index in [1.54, 1.807) is 12.3 Å². The Labute approximate surface area is 151 Å². The molecule has 1 N–H and O–H groups in total. The van der Waals surface area contributed by atoms with Gasteiger partial charge in [0.15, 0.2) is 0 Å². The summed E-state index contributed by atoms with van der Waals surface area (Å²) < 4.78 is 16.2. The van der Waals surface area contributed by atoms with Crippen molar-refractivity contribution in [3.05, 3.63) is 53.8 Å². The highest BCUT2D eigenvalue weighted by Gasteiger charge is 2.13. The molecule has 2 heterocycles. The molecule has 3 aromatic rings. The number of ether oxygens (including phenoxy) is 1. The lowest BCUT2D eigenvalue weighted by atomic mass is 10.2. The summed E-state index contributed by atoms with van der Waals surface area (Å²) in [6.07, 6.45) is 2.24. The van der Waals surface area contributed by atoms with Gasteiger partial charge in [-0.15, -0.1) is 10.2 Å². The van der Waals surface area contributed by atoms with Crippen molar-refractivity contribution in [2.45, 2.75) is 33.2 Å². The molecule has 3 rings (SSSR count). The lowest BCUT2D eigenvalue weighted by Gasteiger charge is -2.06. The molecule has 0 atom stereocenters. The number of carbonyl (C=O) groups is 1. The van der Waals surface area contributed by atoms with Crippen LogP contribution in [0.3, 0.4) is 0 Å². The van der Waals surface area contributed by atoms with Crippen molar-refractivity contribution in [3.8, 4) is 17.2 Å². The minimum Gasteiger partial charge on any atom is -0.494 e. The molecule has 0 aliphatic heterocycles. The minimum absolute atomic E-state index is 0.0712. The zero-order valence-corrected chi connectivity index (χ0v) is 14.8. The van der Waals surface area contributed by atoms with Gasteiger partial charge in [0, 0.05) is 19.4 Å². The molecular weight excluding hydrogens is 334 g/mol. The zero-order valence-electron chi connectivity index (χ0n) is 14.8. The maximum absolute atomic E-state index is 12.0. The van der Waals surface area contributed by atoms with Crippen molar-refractivity contribution in [1.29, 1.82) is 0 Å². The van der Waals surface area contributed by atoms with Crippen molar-refractivity contribution in [2.75, 3.05) is 6.61 Å². The first-order chi connectivity index (χ1) is 12.7. The summed E-state index contributed by atoms with van der Waals surface area (Å²) in [7, 11) is 0. The van der Waals surface area contributed by atoms with E-state index in [0.717, 1.165) is 16.9 Å². The van der Waals surface area contributed by atoms with Gasteiger partial charge < -0.3 is 18.9 Å². The Balaban J connectivity index is 1.45. The molecule has 136 valence electrons.